The summed E-state index contributed by atoms with van der Waals surface area (Å²) in [5.41, 5.74) is 0.169. The van der Waals surface area contributed by atoms with Gasteiger partial charge in [-0.2, -0.15) is 0 Å². The highest BCUT2D eigenvalue weighted by Gasteiger charge is 2.23. The lowest BCUT2D eigenvalue weighted by Gasteiger charge is -2.23. The van der Waals surface area contributed by atoms with Crippen LogP contribution >= 0.6 is 11.6 Å². The first kappa shape index (κ1) is 13.5. The molecule has 0 atom stereocenters. The second-order valence-corrected chi connectivity index (χ2v) is 5.09. The van der Waals surface area contributed by atoms with Gasteiger partial charge in [-0.05, 0) is 12.8 Å². The number of ether oxygens (including phenoxy) is 3. The molecule has 1 saturated heterocycles. The van der Waals surface area contributed by atoms with Crippen molar-refractivity contribution in [2.24, 2.45) is 0 Å². The number of aromatic nitrogens is 1. The van der Waals surface area contributed by atoms with E-state index in [-0.39, 0.29) is 22.7 Å². The van der Waals surface area contributed by atoms with Crippen LogP contribution in [0.4, 0.5) is 0 Å². The van der Waals surface area contributed by atoms with Crippen LogP contribution in [0.3, 0.4) is 0 Å². The summed E-state index contributed by atoms with van der Waals surface area (Å²) in [6, 6.07) is 1.67. The molecule has 3 rings (SSSR count). The Morgan fingerprint density at radius 2 is 2.00 bits per heavy atom. The summed E-state index contributed by atoms with van der Waals surface area (Å²) in [6.45, 7) is 2.20. The number of carbonyl (C=O) groups excluding carboxylic acids is 1. The van der Waals surface area contributed by atoms with E-state index >= 15 is 0 Å². The Labute approximate surface area is 121 Å². The normalized spacial score (nSPS) is 18.6. The summed E-state index contributed by atoms with van der Waals surface area (Å²) < 4.78 is 16.0. The molecule has 2 aliphatic heterocycles. The van der Waals surface area contributed by atoms with E-state index < -0.39 is 0 Å². The lowest BCUT2D eigenvalue weighted by atomic mass is 10.1. The molecule has 1 amide bonds. The maximum atomic E-state index is 12.2. The highest BCUT2D eigenvalue weighted by molar-refractivity contribution is 6.33. The first-order valence-electron chi connectivity index (χ1n) is 6.59. The van der Waals surface area contributed by atoms with Crippen molar-refractivity contribution in [2.75, 3.05) is 26.4 Å². The third kappa shape index (κ3) is 2.81. The largest absolute Gasteiger partial charge is 0.484 e. The molecule has 0 bridgehead atoms. The van der Waals surface area contributed by atoms with Crippen molar-refractivity contribution in [2.45, 2.75) is 18.9 Å². The second kappa shape index (κ2) is 5.85. The molecule has 0 aromatic carbocycles. The average Bonchev–Trinajstić information content (AvgIpc) is 2.47. The smallest absolute Gasteiger partial charge is 0.271 e. The minimum absolute atomic E-state index is 0.0994. The summed E-state index contributed by atoms with van der Waals surface area (Å²) >= 11 is 6.09. The summed E-state index contributed by atoms with van der Waals surface area (Å²) in [7, 11) is 0. The summed E-state index contributed by atoms with van der Waals surface area (Å²) in [6.07, 6.45) is 1.60. The number of carbonyl (C=O) groups is 1. The van der Waals surface area contributed by atoms with E-state index in [1.165, 1.54) is 0 Å². The van der Waals surface area contributed by atoms with Crippen LogP contribution in [0.1, 0.15) is 23.3 Å². The average molecular weight is 299 g/mol. The predicted molar refractivity (Wildman–Crippen MR) is 71.5 cm³/mol. The Hall–Kier alpha value is -1.53. The van der Waals surface area contributed by atoms with Crippen LogP contribution in [0.2, 0.25) is 5.02 Å². The van der Waals surface area contributed by atoms with Gasteiger partial charge in [0.1, 0.15) is 13.2 Å². The highest BCUT2D eigenvalue weighted by atomic mass is 35.5. The van der Waals surface area contributed by atoms with Crippen LogP contribution < -0.4 is 14.8 Å². The number of amides is 1. The second-order valence-electron chi connectivity index (χ2n) is 4.68. The molecule has 1 aromatic heterocycles. The topological polar surface area (TPSA) is 69.7 Å². The van der Waals surface area contributed by atoms with Crippen molar-refractivity contribution < 1.29 is 19.0 Å². The van der Waals surface area contributed by atoms with Gasteiger partial charge in [0, 0.05) is 25.3 Å². The number of pyridine rings is 1. The maximum absolute atomic E-state index is 12.2. The number of nitrogens with one attached hydrogen (secondary N) is 1. The zero-order valence-electron chi connectivity index (χ0n) is 10.9. The summed E-state index contributed by atoms with van der Waals surface area (Å²) in [4.78, 5) is 16.4. The molecule has 0 spiro atoms. The zero-order valence-corrected chi connectivity index (χ0v) is 11.6. The van der Waals surface area contributed by atoms with Gasteiger partial charge in [0.2, 0.25) is 0 Å². The van der Waals surface area contributed by atoms with Gasteiger partial charge in [0.05, 0.1) is 5.02 Å². The molecular weight excluding hydrogens is 284 g/mol. The van der Waals surface area contributed by atoms with Crippen LogP contribution in [0.5, 0.6) is 11.6 Å². The molecule has 108 valence electrons. The van der Waals surface area contributed by atoms with Gasteiger partial charge in [0.15, 0.2) is 11.4 Å². The predicted octanol–water partition coefficient (Wildman–Crippen LogP) is 1.41. The Kier molecular flexibility index (Phi) is 3.93. The van der Waals surface area contributed by atoms with Gasteiger partial charge in [-0.15, -0.1) is 0 Å². The molecule has 6 nitrogen and oxygen atoms in total. The van der Waals surface area contributed by atoms with Gasteiger partial charge in [0.25, 0.3) is 11.8 Å². The van der Waals surface area contributed by atoms with Crippen LogP contribution in [0.15, 0.2) is 6.07 Å². The first-order chi connectivity index (χ1) is 9.74. The van der Waals surface area contributed by atoms with E-state index in [0.717, 1.165) is 12.8 Å². The zero-order chi connectivity index (χ0) is 13.9. The van der Waals surface area contributed by atoms with E-state index in [0.29, 0.717) is 38.1 Å². The van der Waals surface area contributed by atoms with Crippen LogP contribution in [0.25, 0.3) is 0 Å². The Balaban J connectivity index is 1.76. The quantitative estimate of drug-likeness (QED) is 0.894. The van der Waals surface area contributed by atoms with E-state index in [4.69, 9.17) is 25.8 Å². The molecule has 20 heavy (non-hydrogen) atoms. The fourth-order valence-corrected chi connectivity index (χ4v) is 2.43. The van der Waals surface area contributed by atoms with Crippen molar-refractivity contribution in [3.05, 3.63) is 16.8 Å². The minimum atomic E-state index is -0.293. The lowest BCUT2D eigenvalue weighted by molar-refractivity contribution is 0.0693. The van der Waals surface area contributed by atoms with Crippen molar-refractivity contribution >= 4 is 17.5 Å². The Morgan fingerprint density at radius 1 is 1.25 bits per heavy atom. The number of fused-ring (bicyclic) bond motifs is 1. The van der Waals surface area contributed by atoms with E-state index in [1.807, 2.05) is 0 Å². The van der Waals surface area contributed by atoms with Crippen molar-refractivity contribution in [3.8, 4) is 11.6 Å². The first-order valence-corrected chi connectivity index (χ1v) is 6.96. The van der Waals surface area contributed by atoms with Gasteiger partial charge < -0.3 is 19.5 Å². The Morgan fingerprint density at radius 3 is 2.80 bits per heavy atom. The number of hydrogen-bond acceptors (Lipinski definition) is 5. The molecule has 1 fully saturated rings. The molecule has 1 N–H and O–H groups in total. The molecule has 2 aliphatic rings. The molecule has 0 radical (unpaired) electrons. The molecule has 0 aliphatic carbocycles. The number of nitrogens with zero attached hydrogens (tertiary/aromatic N) is 1. The Bertz CT molecular complexity index is 517. The lowest BCUT2D eigenvalue weighted by Crippen LogP contribution is -2.39. The number of halogens is 1. The standard InChI is InChI=1S/C13H15ClN2O4/c14-9-7-10-13(20-6-5-19-10)16-11(9)12(17)15-8-1-3-18-4-2-8/h7-8H,1-6H2,(H,15,17). The molecule has 0 saturated carbocycles. The van der Waals surface area contributed by atoms with Crippen molar-refractivity contribution in [3.63, 3.8) is 0 Å². The van der Waals surface area contributed by atoms with Gasteiger partial charge >= 0.3 is 0 Å². The highest BCUT2D eigenvalue weighted by Crippen LogP contribution is 2.32. The van der Waals surface area contributed by atoms with Gasteiger partial charge in [-0.25, -0.2) is 4.98 Å². The molecule has 1 aromatic rings. The fraction of sp³-hybridized carbons (Fsp3) is 0.538. The molecule has 7 heteroatoms. The number of hydrogen-bond donors (Lipinski definition) is 1. The monoisotopic (exact) mass is 298 g/mol. The fourth-order valence-electron chi connectivity index (χ4n) is 2.21. The van der Waals surface area contributed by atoms with Crippen LogP contribution in [-0.2, 0) is 4.74 Å². The van der Waals surface area contributed by atoms with Gasteiger partial charge in [-0.3, -0.25) is 4.79 Å². The van der Waals surface area contributed by atoms with Gasteiger partial charge in [-0.1, -0.05) is 11.6 Å². The van der Waals surface area contributed by atoms with Crippen molar-refractivity contribution in [1.29, 1.82) is 0 Å². The van der Waals surface area contributed by atoms with Crippen LogP contribution in [-0.4, -0.2) is 43.4 Å². The molecular formula is C13H15ClN2O4. The minimum Gasteiger partial charge on any atom is -0.484 e. The van der Waals surface area contributed by atoms with E-state index in [2.05, 4.69) is 10.3 Å². The SMILES string of the molecule is O=C(NC1CCOCC1)c1nc2c(cc1Cl)OCCO2. The van der Waals surface area contributed by atoms with E-state index in [9.17, 15) is 4.79 Å². The summed E-state index contributed by atoms with van der Waals surface area (Å²) in [5, 5.41) is 3.18. The van der Waals surface area contributed by atoms with Crippen molar-refractivity contribution in [1.82, 2.24) is 10.3 Å². The number of rotatable bonds is 2. The maximum Gasteiger partial charge on any atom is 0.271 e. The van der Waals surface area contributed by atoms with Crippen LogP contribution in [0, 0.1) is 0 Å². The third-order valence-corrected chi connectivity index (χ3v) is 3.55. The molecule has 3 heterocycles. The summed E-state index contributed by atoms with van der Waals surface area (Å²) in [5.74, 6) is 0.500. The van der Waals surface area contributed by atoms with E-state index in [1.54, 1.807) is 6.07 Å². The third-order valence-electron chi connectivity index (χ3n) is 3.26. The molecule has 0 unspecified atom stereocenters.